The van der Waals surface area contributed by atoms with Gasteiger partial charge in [0.05, 0.1) is 6.61 Å². The lowest BCUT2D eigenvalue weighted by atomic mass is 10.0. The van der Waals surface area contributed by atoms with Crippen LogP contribution in [0.4, 0.5) is 17.6 Å². The van der Waals surface area contributed by atoms with E-state index in [0.717, 1.165) is 17.8 Å². The van der Waals surface area contributed by atoms with E-state index in [1.165, 1.54) is 18.2 Å². The fourth-order valence-corrected chi connectivity index (χ4v) is 3.37. The summed E-state index contributed by atoms with van der Waals surface area (Å²) in [6.45, 7) is 1.75. The predicted octanol–water partition coefficient (Wildman–Crippen LogP) is 5.66. The molecule has 0 aliphatic heterocycles. The number of hydrogen-bond donors (Lipinski definition) is 1. The molecule has 2 aromatic carbocycles. The van der Waals surface area contributed by atoms with E-state index in [0.29, 0.717) is 18.6 Å². The van der Waals surface area contributed by atoms with Gasteiger partial charge in [-0.25, -0.2) is 13.2 Å². The van der Waals surface area contributed by atoms with Crippen LogP contribution in [0.5, 0.6) is 5.75 Å². The second kappa shape index (κ2) is 9.64. The first-order valence-electron chi connectivity index (χ1n) is 8.30. The highest BCUT2D eigenvalue weighted by molar-refractivity contribution is 7.99. The van der Waals surface area contributed by atoms with Crippen LogP contribution in [0.15, 0.2) is 29.2 Å². The van der Waals surface area contributed by atoms with Gasteiger partial charge in [0.1, 0.15) is 0 Å². The molecule has 0 aliphatic rings. The molecule has 0 saturated carbocycles. The van der Waals surface area contributed by atoms with Gasteiger partial charge in [0, 0.05) is 22.4 Å². The van der Waals surface area contributed by atoms with Crippen LogP contribution in [0, 0.1) is 23.3 Å². The lowest BCUT2D eigenvalue weighted by Gasteiger charge is -2.11. The minimum absolute atomic E-state index is 0.0128. The van der Waals surface area contributed by atoms with Gasteiger partial charge >= 0.3 is 5.97 Å². The van der Waals surface area contributed by atoms with E-state index in [2.05, 4.69) is 0 Å². The number of carbonyl (C=O) groups is 1. The first kappa shape index (κ1) is 21.1. The van der Waals surface area contributed by atoms with E-state index in [1.807, 2.05) is 0 Å². The number of carboxylic acid groups (broad SMARTS) is 1. The molecule has 146 valence electrons. The monoisotopic (exact) mass is 402 g/mol. The van der Waals surface area contributed by atoms with Crippen LogP contribution in [-0.2, 0) is 4.79 Å². The van der Waals surface area contributed by atoms with Gasteiger partial charge in [-0.05, 0) is 49.8 Å². The normalized spacial score (nSPS) is 10.9. The number of benzene rings is 2. The van der Waals surface area contributed by atoms with Crippen molar-refractivity contribution in [2.24, 2.45) is 0 Å². The Labute approximate surface area is 158 Å². The van der Waals surface area contributed by atoms with Crippen LogP contribution in [0.1, 0.15) is 26.2 Å². The van der Waals surface area contributed by atoms with E-state index in [9.17, 15) is 22.4 Å². The summed E-state index contributed by atoms with van der Waals surface area (Å²) >= 11 is 1.04. The number of carboxylic acids is 1. The molecule has 3 nitrogen and oxygen atoms in total. The largest absolute Gasteiger partial charge is 0.491 e. The van der Waals surface area contributed by atoms with Crippen molar-refractivity contribution in [1.82, 2.24) is 0 Å². The summed E-state index contributed by atoms with van der Waals surface area (Å²) < 4.78 is 61.8. The van der Waals surface area contributed by atoms with Crippen molar-refractivity contribution in [2.75, 3.05) is 12.4 Å². The Morgan fingerprint density at radius 2 is 1.59 bits per heavy atom. The minimum Gasteiger partial charge on any atom is -0.491 e. The number of thioether (sulfide) groups is 1. The molecular formula is C19H18F4O3S. The molecule has 0 fully saturated rings. The van der Waals surface area contributed by atoms with Crippen molar-refractivity contribution in [3.05, 3.63) is 47.5 Å². The van der Waals surface area contributed by atoms with Gasteiger partial charge in [0.25, 0.3) is 0 Å². The van der Waals surface area contributed by atoms with E-state index in [1.54, 1.807) is 6.92 Å². The molecule has 0 saturated heterocycles. The second-order valence-corrected chi connectivity index (χ2v) is 6.75. The van der Waals surface area contributed by atoms with Gasteiger partial charge in [0.2, 0.25) is 5.82 Å². The van der Waals surface area contributed by atoms with Crippen molar-refractivity contribution in [3.8, 4) is 16.9 Å². The zero-order valence-corrected chi connectivity index (χ0v) is 15.3. The summed E-state index contributed by atoms with van der Waals surface area (Å²) in [5, 5.41) is 8.56. The van der Waals surface area contributed by atoms with Crippen molar-refractivity contribution in [3.63, 3.8) is 0 Å². The first-order valence-corrected chi connectivity index (χ1v) is 9.29. The quantitative estimate of drug-likeness (QED) is 0.334. The highest BCUT2D eigenvalue weighted by atomic mass is 32.2. The average Bonchev–Trinajstić information content (AvgIpc) is 2.63. The Hall–Kier alpha value is -2.22. The first-order chi connectivity index (χ1) is 12.9. The molecule has 0 atom stereocenters. The molecule has 0 spiro atoms. The Balaban J connectivity index is 2.19. The highest BCUT2D eigenvalue weighted by Crippen LogP contribution is 2.35. The predicted molar refractivity (Wildman–Crippen MR) is 95.1 cm³/mol. The maximum Gasteiger partial charge on any atom is 0.303 e. The van der Waals surface area contributed by atoms with Crippen molar-refractivity contribution < 1.29 is 32.2 Å². The Bertz CT molecular complexity index is 827. The van der Waals surface area contributed by atoms with E-state index in [-0.39, 0.29) is 29.2 Å². The lowest BCUT2D eigenvalue weighted by molar-refractivity contribution is -0.137. The standard InChI is InChI=1S/C19H18F4O3S/c1-2-26-13-8-6-11(16(20)18(13)22)12-7-9-14(19(23)17(12)21)27-10-4-3-5-15(24)25/h6-9H,2-5,10H2,1H3,(H,24,25). The number of aliphatic carboxylic acids is 1. The number of rotatable bonds is 9. The number of hydrogen-bond acceptors (Lipinski definition) is 3. The summed E-state index contributed by atoms with van der Waals surface area (Å²) in [6, 6.07) is 4.79. The van der Waals surface area contributed by atoms with Gasteiger partial charge in [-0.1, -0.05) is 0 Å². The molecule has 2 rings (SSSR count). The Kier molecular flexibility index (Phi) is 7.53. The molecule has 1 N–H and O–H groups in total. The molecule has 0 aromatic heterocycles. The van der Waals surface area contributed by atoms with Gasteiger partial charge in [-0.15, -0.1) is 11.8 Å². The summed E-state index contributed by atoms with van der Waals surface area (Å²) in [5.74, 6) is -5.79. The summed E-state index contributed by atoms with van der Waals surface area (Å²) in [7, 11) is 0. The van der Waals surface area contributed by atoms with Gasteiger partial charge in [-0.3, -0.25) is 4.79 Å². The summed E-state index contributed by atoms with van der Waals surface area (Å²) in [4.78, 5) is 10.5. The minimum atomic E-state index is -1.31. The molecule has 0 unspecified atom stereocenters. The van der Waals surface area contributed by atoms with Crippen LogP contribution in [0.3, 0.4) is 0 Å². The number of ether oxygens (including phenoxy) is 1. The Morgan fingerprint density at radius 1 is 0.963 bits per heavy atom. The van der Waals surface area contributed by atoms with Crippen molar-refractivity contribution >= 4 is 17.7 Å². The molecular weight excluding hydrogens is 384 g/mol. The van der Waals surface area contributed by atoms with Crippen LogP contribution < -0.4 is 4.74 Å². The van der Waals surface area contributed by atoms with Crippen LogP contribution >= 0.6 is 11.8 Å². The summed E-state index contributed by atoms with van der Waals surface area (Å²) in [5.41, 5.74) is -0.785. The maximum absolute atomic E-state index is 14.4. The van der Waals surface area contributed by atoms with Crippen molar-refractivity contribution in [2.45, 2.75) is 31.1 Å². The molecule has 0 radical (unpaired) electrons. The summed E-state index contributed by atoms with van der Waals surface area (Å²) in [6.07, 6.45) is 0.971. The fraction of sp³-hybridized carbons (Fsp3) is 0.316. The van der Waals surface area contributed by atoms with Crippen LogP contribution in [-0.4, -0.2) is 23.4 Å². The van der Waals surface area contributed by atoms with Crippen LogP contribution in [0.2, 0.25) is 0 Å². The molecule has 0 amide bonds. The third kappa shape index (κ3) is 5.15. The molecule has 27 heavy (non-hydrogen) atoms. The number of halogens is 4. The smallest absolute Gasteiger partial charge is 0.303 e. The van der Waals surface area contributed by atoms with Gasteiger partial charge < -0.3 is 9.84 Å². The Morgan fingerprint density at radius 3 is 2.22 bits per heavy atom. The maximum atomic E-state index is 14.4. The van der Waals surface area contributed by atoms with E-state index >= 15 is 0 Å². The third-order valence-electron chi connectivity index (χ3n) is 3.73. The van der Waals surface area contributed by atoms with E-state index in [4.69, 9.17) is 9.84 Å². The molecule has 8 heteroatoms. The molecule has 2 aromatic rings. The fourth-order valence-electron chi connectivity index (χ4n) is 2.42. The lowest BCUT2D eigenvalue weighted by Crippen LogP contribution is -2.00. The molecule has 0 aliphatic carbocycles. The zero-order valence-electron chi connectivity index (χ0n) is 14.5. The van der Waals surface area contributed by atoms with Gasteiger partial charge in [-0.2, -0.15) is 4.39 Å². The van der Waals surface area contributed by atoms with Gasteiger partial charge in [0.15, 0.2) is 23.2 Å². The molecule has 0 heterocycles. The third-order valence-corrected chi connectivity index (χ3v) is 4.85. The van der Waals surface area contributed by atoms with E-state index < -0.39 is 34.8 Å². The molecule has 0 bridgehead atoms. The highest BCUT2D eigenvalue weighted by Gasteiger charge is 2.21. The zero-order chi connectivity index (χ0) is 20.0. The number of unbranched alkanes of at least 4 members (excludes halogenated alkanes) is 1. The van der Waals surface area contributed by atoms with Crippen LogP contribution in [0.25, 0.3) is 11.1 Å². The van der Waals surface area contributed by atoms with Crippen molar-refractivity contribution in [1.29, 1.82) is 0 Å². The second-order valence-electron chi connectivity index (χ2n) is 5.61. The topological polar surface area (TPSA) is 46.5 Å². The SMILES string of the molecule is CCOc1ccc(-c2ccc(SCCCCC(=O)O)c(F)c2F)c(F)c1F. The average molecular weight is 402 g/mol.